The molecule has 18 heavy (non-hydrogen) atoms. The fourth-order valence-corrected chi connectivity index (χ4v) is 2.82. The van der Waals surface area contributed by atoms with Gasteiger partial charge < -0.3 is 9.64 Å². The number of alkyl halides is 1. The van der Waals surface area contributed by atoms with Gasteiger partial charge in [-0.05, 0) is 34.1 Å². The van der Waals surface area contributed by atoms with E-state index in [9.17, 15) is 9.18 Å². The zero-order valence-electron chi connectivity index (χ0n) is 9.54. The lowest BCUT2D eigenvalue weighted by atomic mass is 10.1. The molecule has 6 heteroatoms. The van der Waals surface area contributed by atoms with Crippen molar-refractivity contribution >= 4 is 37.8 Å². The number of hydrogen-bond donors (Lipinski definition) is 0. The molecule has 1 atom stereocenters. The van der Waals surface area contributed by atoms with E-state index in [0.29, 0.717) is 35.1 Å². The molecule has 0 spiro atoms. The summed E-state index contributed by atoms with van der Waals surface area (Å²) in [6, 6.07) is 4.11. The topological polar surface area (TPSA) is 29.5 Å². The van der Waals surface area contributed by atoms with Gasteiger partial charge in [0.25, 0.3) is 5.91 Å². The Morgan fingerprint density at radius 1 is 1.56 bits per heavy atom. The number of carbonyl (C=O) groups excluding carboxylic acids is 1. The number of morpholine rings is 1. The maximum Gasteiger partial charge on any atom is 0.255 e. The summed E-state index contributed by atoms with van der Waals surface area (Å²) >= 11 is 6.65. The van der Waals surface area contributed by atoms with Gasteiger partial charge >= 0.3 is 0 Å². The van der Waals surface area contributed by atoms with E-state index in [0.717, 1.165) is 0 Å². The van der Waals surface area contributed by atoms with E-state index in [4.69, 9.17) is 4.74 Å². The summed E-state index contributed by atoms with van der Waals surface area (Å²) < 4.78 is 19.2. The molecule has 1 aliphatic heterocycles. The maximum absolute atomic E-state index is 13.2. The van der Waals surface area contributed by atoms with E-state index in [1.54, 1.807) is 11.0 Å². The van der Waals surface area contributed by atoms with Gasteiger partial charge in [-0.1, -0.05) is 15.9 Å². The van der Waals surface area contributed by atoms with Crippen molar-refractivity contribution in [1.29, 1.82) is 0 Å². The third kappa shape index (κ3) is 2.92. The van der Waals surface area contributed by atoms with Crippen LogP contribution in [0, 0.1) is 5.82 Å². The van der Waals surface area contributed by atoms with Crippen LogP contribution in [0.1, 0.15) is 10.4 Å². The number of rotatable bonds is 2. The fraction of sp³-hybridized carbons (Fsp3) is 0.417. The molecule has 1 amide bonds. The summed E-state index contributed by atoms with van der Waals surface area (Å²) in [5.41, 5.74) is 0.350. The number of amides is 1. The van der Waals surface area contributed by atoms with Crippen LogP contribution in [0.3, 0.4) is 0 Å². The van der Waals surface area contributed by atoms with Crippen molar-refractivity contribution in [3.05, 3.63) is 34.1 Å². The van der Waals surface area contributed by atoms with Crippen LogP contribution in [0.4, 0.5) is 4.39 Å². The van der Waals surface area contributed by atoms with Gasteiger partial charge in [-0.2, -0.15) is 0 Å². The van der Waals surface area contributed by atoms with Crippen LogP contribution < -0.4 is 0 Å². The van der Waals surface area contributed by atoms with Crippen LogP contribution in [0.15, 0.2) is 22.7 Å². The van der Waals surface area contributed by atoms with Crippen molar-refractivity contribution < 1.29 is 13.9 Å². The summed E-state index contributed by atoms with van der Waals surface area (Å²) in [4.78, 5) is 14.1. The van der Waals surface area contributed by atoms with Crippen LogP contribution in [0.25, 0.3) is 0 Å². The predicted octanol–water partition coefficient (Wildman–Crippen LogP) is 2.82. The summed E-state index contributed by atoms with van der Waals surface area (Å²) in [6.45, 7) is 1.55. The Morgan fingerprint density at radius 2 is 2.33 bits per heavy atom. The average molecular weight is 381 g/mol. The second-order valence-electron chi connectivity index (χ2n) is 4.01. The molecule has 2 rings (SSSR count). The smallest absolute Gasteiger partial charge is 0.255 e. The third-order valence-corrected chi connectivity index (χ3v) is 4.26. The van der Waals surface area contributed by atoms with Crippen LogP contribution in [-0.4, -0.2) is 41.9 Å². The van der Waals surface area contributed by atoms with E-state index < -0.39 is 5.82 Å². The number of halogens is 3. The Bertz CT molecular complexity index is 456. The monoisotopic (exact) mass is 379 g/mol. The average Bonchev–Trinajstić information content (AvgIpc) is 2.40. The number of ether oxygens (including phenoxy) is 1. The van der Waals surface area contributed by atoms with Crippen LogP contribution in [0.2, 0.25) is 0 Å². The SMILES string of the molecule is O=C(c1cc(F)ccc1Br)N1CCOCC1CBr. The molecule has 0 saturated carbocycles. The second kappa shape index (κ2) is 6.12. The highest BCUT2D eigenvalue weighted by atomic mass is 79.9. The van der Waals surface area contributed by atoms with E-state index >= 15 is 0 Å². The van der Waals surface area contributed by atoms with E-state index in [1.165, 1.54) is 12.1 Å². The first-order valence-electron chi connectivity index (χ1n) is 5.53. The van der Waals surface area contributed by atoms with E-state index in [2.05, 4.69) is 31.9 Å². The quantitative estimate of drug-likeness (QED) is 0.738. The summed E-state index contributed by atoms with van der Waals surface area (Å²) in [6.07, 6.45) is 0. The summed E-state index contributed by atoms with van der Waals surface area (Å²) in [5.74, 6) is -0.584. The van der Waals surface area contributed by atoms with Crippen LogP contribution >= 0.6 is 31.9 Å². The van der Waals surface area contributed by atoms with Gasteiger partial charge in [-0.25, -0.2) is 4.39 Å². The highest BCUT2D eigenvalue weighted by Crippen LogP contribution is 2.22. The molecular weight excluding hydrogens is 369 g/mol. The molecule has 0 bridgehead atoms. The number of nitrogens with zero attached hydrogens (tertiary/aromatic N) is 1. The zero-order valence-corrected chi connectivity index (χ0v) is 12.7. The highest BCUT2D eigenvalue weighted by molar-refractivity contribution is 9.10. The van der Waals surface area contributed by atoms with Gasteiger partial charge in [0.15, 0.2) is 0 Å². The Labute approximate surface area is 122 Å². The fourth-order valence-electron chi connectivity index (χ4n) is 1.87. The third-order valence-electron chi connectivity index (χ3n) is 2.83. The molecule has 3 nitrogen and oxygen atoms in total. The minimum atomic E-state index is -0.412. The van der Waals surface area contributed by atoms with Crippen molar-refractivity contribution in [2.45, 2.75) is 6.04 Å². The molecule has 1 unspecified atom stereocenters. The predicted molar refractivity (Wildman–Crippen MR) is 73.5 cm³/mol. The van der Waals surface area contributed by atoms with Crippen molar-refractivity contribution in [3.63, 3.8) is 0 Å². The Balaban J connectivity index is 2.26. The maximum atomic E-state index is 13.2. The minimum Gasteiger partial charge on any atom is -0.377 e. The molecule has 0 radical (unpaired) electrons. The molecular formula is C12H12Br2FNO2. The lowest BCUT2D eigenvalue weighted by molar-refractivity contribution is 0.00517. The Morgan fingerprint density at radius 3 is 3.06 bits per heavy atom. The lowest BCUT2D eigenvalue weighted by Gasteiger charge is -2.34. The summed E-state index contributed by atoms with van der Waals surface area (Å²) in [5, 5.41) is 0.645. The number of carbonyl (C=O) groups is 1. The van der Waals surface area contributed by atoms with Crippen LogP contribution in [-0.2, 0) is 4.74 Å². The molecule has 1 fully saturated rings. The molecule has 0 aliphatic carbocycles. The van der Waals surface area contributed by atoms with Gasteiger partial charge in [0.05, 0.1) is 24.8 Å². The molecule has 1 saturated heterocycles. The van der Waals surface area contributed by atoms with Crippen molar-refractivity contribution in [2.24, 2.45) is 0 Å². The van der Waals surface area contributed by atoms with E-state index in [1.807, 2.05) is 0 Å². The largest absolute Gasteiger partial charge is 0.377 e. The number of benzene rings is 1. The standard InChI is InChI=1S/C12H12Br2FNO2/c13-6-9-7-18-4-3-16(9)12(17)10-5-8(15)1-2-11(10)14/h1-2,5,9H,3-4,6-7H2. The molecule has 1 heterocycles. The lowest BCUT2D eigenvalue weighted by Crippen LogP contribution is -2.49. The van der Waals surface area contributed by atoms with E-state index in [-0.39, 0.29) is 11.9 Å². The van der Waals surface area contributed by atoms with Crippen molar-refractivity contribution in [3.8, 4) is 0 Å². The first kappa shape index (κ1) is 14.0. The zero-order chi connectivity index (χ0) is 13.1. The molecule has 98 valence electrons. The van der Waals surface area contributed by atoms with Gasteiger partial charge in [0.2, 0.25) is 0 Å². The molecule has 1 aromatic carbocycles. The molecule has 0 N–H and O–H groups in total. The highest BCUT2D eigenvalue weighted by Gasteiger charge is 2.28. The van der Waals surface area contributed by atoms with Gasteiger partial charge in [0, 0.05) is 16.3 Å². The minimum absolute atomic E-state index is 0.0126. The first-order valence-corrected chi connectivity index (χ1v) is 7.44. The van der Waals surface area contributed by atoms with Crippen molar-refractivity contribution in [1.82, 2.24) is 4.90 Å². The molecule has 0 aromatic heterocycles. The van der Waals surface area contributed by atoms with Crippen LogP contribution in [0.5, 0.6) is 0 Å². The second-order valence-corrected chi connectivity index (χ2v) is 5.51. The normalized spacial score (nSPS) is 19.9. The van der Waals surface area contributed by atoms with Gasteiger partial charge in [-0.3, -0.25) is 4.79 Å². The number of hydrogen-bond acceptors (Lipinski definition) is 2. The Kier molecular flexibility index (Phi) is 4.75. The van der Waals surface area contributed by atoms with Crippen molar-refractivity contribution in [2.75, 3.05) is 25.1 Å². The summed E-state index contributed by atoms with van der Waals surface area (Å²) in [7, 11) is 0. The first-order chi connectivity index (χ1) is 8.63. The van der Waals surface area contributed by atoms with Gasteiger partial charge in [0.1, 0.15) is 5.82 Å². The molecule has 1 aromatic rings. The Hall–Kier alpha value is -0.460. The van der Waals surface area contributed by atoms with Gasteiger partial charge in [-0.15, -0.1) is 0 Å². The molecule has 1 aliphatic rings.